The summed E-state index contributed by atoms with van der Waals surface area (Å²) in [5.41, 5.74) is 0. The van der Waals surface area contributed by atoms with Gasteiger partial charge in [-0.2, -0.15) is 0 Å². The molecule has 6 nitrogen and oxygen atoms in total. The highest BCUT2D eigenvalue weighted by molar-refractivity contribution is 5.78. The van der Waals surface area contributed by atoms with Gasteiger partial charge in [-0.05, 0) is 19.3 Å². The number of unbranched alkanes of at least 4 members (excludes halogenated alkanes) is 12. The van der Waals surface area contributed by atoms with Crippen molar-refractivity contribution in [3.8, 4) is 0 Å². The van der Waals surface area contributed by atoms with Crippen molar-refractivity contribution in [3.05, 3.63) is 0 Å². The van der Waals surface area contributed by atoms with Crippen LogP contribution < -0.4 is 0 Å². The van der Waals surface area contributed by atoms with Gasteiger partial charge in [0.05, 0.1) is 0 Å². The van der Waals surface area contributed by atoms with Crippen molar-refractivity contribution in [2.45, 2.75) is 136 Å². The largest absolute Gasteiger partial charge is 0.339 e. The fraction of sp³-hybridized carbons (Fsp3) is 0.900. The Morgan fingerprint density at radius 3 is 0.833 bits per heavy atom. The van der Waals surface area contributed by atoms with E-state index in [0.29, 0.717) is 58.5 Å². The first-order valence-corrected chi connectivity index (χ1v) is 15.4. The molecule has 1 aliphatic heterocycles. The minimum absolute atomic E-state index is 0.173. The minimum Gasteiger partial charge on any atom is -0.339 e. The Bertz CT molecular complexity index is 503. The van der Waals surface area contributed by atoms with Gasteiger partial charge in [-0.25, -0.2) is 0 Å². The van der Waals surface area contributed by atoms with Gasteiger partial charge < -0.3 is 14.7 Å². The first-order valence-electron chi connectivity index (χ1n) is 15.4. The Morgan fingerprint density at radius 1 is 0.389 bits per heavy atom. The maximum Gasteiger partial charge on any atom is 0.222 e. The number of hydrogen-bond acceptors (Lipinski definition) is 3. The van der Waals surface area contributed by atoms with Crippen LogP contribution in [0.15, 0.2) is 0 Å². The molecule has 0 N–H and O–H groups in total. The molecule has 0 aliphatic carbocycles. The lowest BCUT2D eigenvalue weighted by Gasteiger charge is -2.26. The van der Waals surface area contributed by atoms with Crippen molar-refractivity contribution in [2.75, 3.05) is 39.3 Å². The lowest BCUT2D eigenvalue weighted by molar-refractivity contribution is -0.135. The van der Waals surface area contributed by atoms with E-state index >= 15 is 0 Å². The van der Waals surface area contributed by atoms with Gasteiger partial charge in [0, 0.05) is 58.5 Å². The maximum atomic E-state index is 13.0. The van der Waals surface area contributed by atoms with Crippen molar-refractivity contribution < 1.29 is 14.4 Å². The summed E-state index contributed by atoms with van der Waals surface area (Å²) in [6.07, 6.45) is 18.6. The summed E-state index contributed by atoms with van der Waals surface area (Å²) in [5.74, 6) is 0.520. The molecule has 3 amide bonds. The zero-order chi connectivity index (χ0) is 26.4. The van der Waals surface area contributed by atoms with Crippen LogP contribution in [-0.4, -0.2) is 71.7 Å². The molecule has 210 valence electrons. The molecule has 1 heterocycles. The average Bonchev–Trinajstić information content (AvgIpc) is 2.99. The van der Waals surface area contributed by atoms with Crippen LogP contribution in [0.25, 0.3) is 0 Å². The number of carbonyl (C=O) groups is 3. The maximum absolute atomic E-state index is 13.0. The molecule has 0 bridgehead atoms. The van der Waals surface area contributed by atoms with Gasteiger partial charge in [-0.3, -0.25) is 14.4 Å². The first-order chi connectivity index (χ1) is 17.5. The molecule has 36 heavy (non-hydrogen) atoms. The Kier molecular flexibility index (Phi) is 19.4. The second-order valence-corrected chi connectivity index (χ2v) is 10.6. The van der Waals surface area contributed by atoms with Crippen LogP contribution >= 0.6 is 0 Å². The van der Waals surface area contributed by atoms with Gasteiger partial charge in [-0.15, -0.1) is 0 Å². The summed E-state index contributed by atoms with van der Waals surface area (Å²) in [6, 6.07) is 0. The number of nitrogens with zero attached hydrogens (tertiary/aromatic N) is 3. The van der Waals surface area contributed by atoms with Gasteiger partial charge in [-0.1, -0.05) is 97.8 Å². The molecule has 0 radical (unpaired) electrons. The Morgan fingerprint density at radius 2 is 0.611 bits per heavy atom. The molecular formula is C30H57N3O3. The SMILES string of the molecule is CCCCCCCC(=O)N1CCN(C(=O)CCCCCCC)CCN(C(=O)CCCCCCC)CC1. The van der Waals surface area contributed by atoms with E-state index < -0.39 is 0 Å². The number of rotatable bonds is 18. The highest BCUT2D eigenvalue weighted by atomic mass is 16.2. The lowest BCUT2D eigenvalue weighted by Crippen LogP contribution is -2.41. The van der Waals surface area contributed by atoms with E-state index in [1.165, 1.54) is 57.8 Å². The van der Waals surface area contributed by atoms with E-state index in [9.17, 15) is 14.4 Å². The summed E-state index contributed by atoms with van der Waals surface area (Å²) in [5, 5.41) is 0. The number of carbonyl (C=O) groups excluding carboxylic acids is 3. The van der Waals surface area contributed by atoms with Gasteiger partial charge in [0.2, 0.25) is 17.7 Å². The third kappa shape index (κ3) is 14.8. The third-order valence-corrected chi connectivity index (χ3v) is 7.46. The van der Waals surface area contributed by atoms with Crippen molar-refractivity contribution >= 4 is 17.7 Å². The average molecular weight is 508 g/mol. The molecule has 0 aromatic heterocycles. The van der Waals surface area contributed by atoms with Crippen LogP contribution in [0.4, 0.5) is 0 Å². The fourth-order valence-electron chi connectivity index (χ4n) is 4.92. The Hall–Kier alpha value is -1.59. The quantitative estimate of drug-likeness (QED) is 0.197. The summed E-state index contributed by atoms with van der Waals surface area (Å²) in [4.78, 5) is 44.8. The third-order valence-electron chi connectivity index (χ3n) is 7.46. The molecule has 1 aliphatic rings. The summed E-state index contributed by atoms with van der Waals surface area (Å²) in [6.45, 7) is 10.1. The van der Waals surface area contributed by atoms with Crippen LogP contribution in [0, 0.1) is 0 Å². The molecule has 1 rings (SSSR count). The molecule has 1 saturated heterocycles. The van der Waals surface area contributed by atoms with E-state index in [0.717, 1.165) is 38.5 Å². The molecule has 0 saturated carbocycles. The smallest absolute Gasteiger partial charge is 0.222 e. The van der Waals surface area contributed by atoms with Gasteiger partial charge in [0.15, 0.2) is 0 Å². The second kappa shape index (κ2) is 21.5. The summed E-state index contributed by atoms with van der Waals surface area (Å²) >= 11 is 0. The van der Waals surface area contributed by atoms with Crippen LogP contribution in [0.5, 0.6) is 0 Å². The Labute approximate surface area is 222 Å². The van der Waals surface area contributed by atoms with Crippen LogP contribution in [0.3, 0.4) is 0 Å². The Balaban J connectivity index is 2.71. The van der Waals surface area contributed by atoms with Crippen molar-refractivity contribution in [1.29, 1.82) is 0 Å². The van der Waals surface area contributed by atoms with Crippen molar-refractivity contribution in [3.63, 3.8) is 0 Å². The molecule has 6 heteroatoms. The lowest BCUT2D eigenvalue weighted by atomic mass is 10.1. The standard InChI is InChI=1S/C30H57N3O3/c1-4-7-10-13-16-19-28(34)31-22-24-32(29(35)20-17-14-11-8-5-2)26-27-33(25-23-31)30(36)21-18-15-12-9-6-3/h4-27H2,1-3H3. The predicted octanol–water partition coefficient (Wildman–Crippen LogP) is 6.57. The molecule has 0 aromatic rings. The monoisotopic (exact) mass is 507 g/mol. The summed E-state index contributed by atoms with van der Waals surface area (Å²) < 4.78 is 0. The van der Waals surface area contributed by atoms with E-state index in [1.807, 2.05) is 14.7 Å². The topological polar surface area (TPSA) is 60.9 Å². The first kappa shape index (κ1) is 32.4. The summed E-state index contributed by atoms with van der Waals surface area (Å²) in [7, 11) is 0. The second-order valence-electron chi connectivity index (χ2n) is 10.6. The molecule has 1 fully saturated rings. The number of amides is 3. The molecular weight excluding hydrogens is 450 g/mol. The highest BCUT2D eigenvalue weighted by Gasteiger charge is 2.24. The van der Waals surface area contributed by atoms with Crippen molar-refractivity contribution in [1.82, 2.24) is 14.7 Å². The normalized spacial score (nSPS) is 14.9. The van der Waals surface area contributed by atoms with E-state index in [-0.39, 0.29) is 17.7 Å². The van der Waals surface area contributed by atoms with E-state index in [2.05, 4.69) is 20.8 Å². The van der Waals surface area contributed by atoms with Crippen LogP contribution in [0.1, 0.15) is 136 Å². The molecule has 0 spiro atoms. The van der Waals surface area contributed by atoms with Gasteiger partial charge in [0.25, 0.3) is 0 Å². The molecule has 0 aromatic carbocycles. The van der Waals surface area contributed by atoms with E-state index in [4.69, 9.17) is 0 Å². The molecule has 0 atom stereocenters. The highest BCUT2D eigenvalue weighted by Crippen LogP contribution is 2.13. The zero-order valence-electron chi connectivity index (χ0n) is 24.0. The minimum atomic E-state index is 0.173. The van der Waals surface area contributed by atoms with Gasteiger partial charge in [0.1, 0.15) is 0 Å². The van der Waals surface area contributed by atoms with Gasteiger partial charge >= 0.3 is 0 Å². The van der Waals surface area contributed by atoms with E-state index in [1.54, 1.807) is 0 Å². The van der Waals surface area contributed by atoms with Crippen LogP contribution in [0.2, 0.25) is 0 Å². The predicted molar refractivity (Wildman–Crippen MR) is 150 cm³/mol. The van der Waals surface area contributed by atoms with Crippen molar-refractivity contribution in [2.24, 2.45) is 0 Å². The van der Waals surface area contributed by atoms with Crippen LogP contribution in [-0.2, 0) is 14.4 Å². The molecule has 0 unspecified atom stereocenters. The zero-order valence-corrected chi connectivity index (χ0v) is 24.0. The fourth-order valence-corrected chi connectivity index (χ4v) is 4.92. The number of hydrogen-bond donors (Lipinski definition) is 0.